The summed E-state index contributed by atoms with van der Waals surface area (Å²) in [7, 11) is 0. The highest BCUT2D eigenvalue weighted by molar-refractivity contribution is 14.1. The van der Waals surface area contributed by atoms with Gasteiger partial charge in [0.15, 0.2) is 0 Å². The van der Waals surface area contributed by atoms with Gasteiger partial charge in [0.1, 0.15) is 0 Å². The van der Waals surface area contributed by atoms with Crippen molar-refractivity contribution in [1.29, 1.82) is 0 Å². The third-order valence-electron chi connectivity index (χ3n) is 1.45. The summed E-state index contributed by atoms with van der Waals surface area (Å²) in [6, 6.07) is 0. The van der Waals surface area contributed by atoms with Gasteiger partial charge in [-0.2, -0.15) is 0 Å². The van der Waals surface area contributed by atoms with Crippen molar-refractivity contribution < 1.29 is 4.74 Å². The molecule has 1 heterocycles. The predicted molar refractivity (Wildman–Crippen MR) is 42.5 cm³/mol. The van der Waals surface area contributed by atoms with Gasteiger partial charge in [-0.05, 0) is 19.3 Å². The van der Waals surface area contributed by atoms with Gasteiger partial charge in [0.2, 0.25) is 0 Å². The molecule has 0 spiro atoms. The van der Waals surface area contributed by atoms with Crippen LogP contribution in [0.5, 0.6) is 0 Å². The van der Waals surface area contributed by atoms with Crippen molar-refractivity contribution in [3.05, 3.63) is 0 Å². The highest BCUT2D eigenvalue weighted by atomic mass is 127. The van der Waals surface area contributed by atoms with Crippen LogP contribution in [0.4, 0.5) is 0 Å². The normalized spacial score (nSPS) is 30.4. The maximum Gasteiger partial charge on any atom is 0.0664 e. The topological polar surface area (TPSA) is 9.23 Å². The maximum atomic E-state index is 5.42. The lowest BCUT2D eigenvalue weighted by Gasteiger charge is -2.19. The Balaban J connectivity index is 2.13. The summed E-state index contributed by atoms with van der Waals surface area (Å²) in [4.78, 5) is 0. The number of hydrogen-bond acceptors (Lipinski definition) is 1. The smallest absolute Gasteiger partial charge is 0.0664 e. The second-order valence-corrected chi connectivity index (χ2v) is 3.02. The molecule has 0 saturated carbocycles. The molecule has 0 aliphatic carbocycles. The Morgan fingerprint density at radius 2 is 2.38 bits per heavy atom. The van der Waals surface area contributed by atoms with Crippen LogP contribution in [0.3, 0.4) is 0 Å². The van der Waals surface area contributed by atoms with E-state index in [4.69, 9.17) is 4.74 Å². The number of alkyl halides is 1. The molecule has 48 valence electrons. The van der Waals surface area contributed by atoms with Crippen molar-refractivity contribution >= 4 is 22.6 Å². The van der Waals surface area contributed by atoms with E-state index in [0.717, 1.165) is 11.0 Å². The first-order valence-electron chi connectivity index (χ1n) is 3.11. The third-order valence-corrected chi connectivity index (χ3v) is 2.43. The van der Waals surface area contributed by atoms with Gasteiger partial charge in [0.25, 0.3) is 0 Å². The average Bonchev–Trinajstić information content (AvgIpc) is 1.90. The van der Waals surface area contributed by atoms with Gasteiger partial charge in [0, 0.05) is 11.0 Å². The lowest BCUT2D eigenvalue weighted by atomic mass is 10.1. The Labute approximate surface area is 63.9 Å². The first-order valence-corrected chi connectivity index (χ1v) is 4.63. The lowest BCUT2D eigenvalue weighted by molar-refractivity contribution is 0.0333. The lowest BCUT2D eigenvalue weighted by Crippen LogP contribution is -2.19. The Bertz CT molecular complexity index is 59.5. The molecule has 0 bridgehead atoms. The average molecular weight is 226 g/mol. The van der Waals surface area contributed by atoms with Crippen molar-refractivity contribution in [3.63, 3.8) is 0 Å². The summed E-state index contributed by atoms with van der Waals surface area (Å²) in [5.41, 5.74) is 0. The van der Waals surface area contributed by atoms with Crippen LogP contribution < -0.4 is 0 Å². The summed E-state index contributed by atoms with van der Waals surface area (Å²) < 4.78 is 6.58. The molecule has 1 fully saturated rings. The molecule has 0 aromatic carbocycles. The molecular formula is C6H11IO. The minimum atomic E-state index is 0.573. The number of rotatable bonds is 1. The van der Waals surface area contributed by atoms with Gasteiger partial charge in [-0.3, -0.25) is 0 Å². The van der Waals surface area contributed by atoms with Crippen molar-refractivity contribution in [3.8, 4) is 0 Å². The molecule has 0 aromatic heterocycles. The van der Waals surface area contributed by atoms with E-state index in [1.165, 1.54) is 19.3 Å². The van der Waals surface area contributed by atoms with Gasteiger partial charge in [-0.15, -0.1) is 0 Å². The van der Waals surface area contributed by atoms with E-state index in [0.29, 0.717) is 6.10 Å². The second kappa shape index (κ2) is 3.67. The number of ether oxygens (including phenoxy) is 1. The van der Waals surface area contributed by atoms with Crippen LogP contribution in [-0.4, -0.2) is 17.1 Å². The zero-order valence-corrected chi connectivity index (χ0v) is 7.06. The Hall–Kier alpha value is 0.690. The molecular weight excluding hydrogens is 215 g/mol. The molecule has 0 N–H and O–H groups in total. The SMILES string of the molecule is IC[C@@H]1CCCCO1. The molecule has 0 aromatic rings. The van der Waals surface area contributed by atoms with Crippen molar-refractivity contribution in [2.75, 3.05) is 11.0 Å². The number of hydrogen-bond donors (Lipinski definition) is 0. The first kappa shape index (κ1) is 6.81. The number of halogens is 1. The molecule has 0 radical (unpaired) electrons. The predicted octanol–water partition coefficient (Wildman–Crippen LogP) is 1.99. The van der Waals surface area contributed by atoms with Crippen LogP contribution in [0.25, 0.3) is 0 Å². The summed E-state index contributed by atoms with van der Waals surface area (Å²) in [6.07, 6.45) is 4.49. The van der Waals surface area contributed by atoms with Crippen molar-refractivity contribution in [1.82, 2.24) is 0 Å². The molecule has 1 atom stereocenters. The van der Waals surface area contributed by atoms with Crippen LogP contribution >= 0.6 is 22.6 Å². The van der Waals surface area contributed by atoms with Crippen LogP contribution in [-0.2, 0) is 4.74 Å². The third kappa shape index (κ3) is 1.90. The molecule has 1 rings (SSSR count). The summed E-state index contributed by atoms with van der Waals surface area (Å²) in [6.45, 7) is 0.994. The van der Waals surface area contributed by atoms with Gasteiger partial charge >= 0.3 is 0 Å². The Morgan fingerprint density at radius 3 is 2.75 bits per heavy atom. The first-order chi connectivity index (χ1) is 3.93. The van der Waals surface area contributed by atoms with Crippen LogP contribution in [0.1, 0.15) is 19.3 Å². The summed E-state index contributed by atoms with van der Waals surface area (Å²) >= 11 is 2.38. The van der Waals surface area contributed by atoms with E-state index in [-0.39, 0.29) is 0 Å². The molecule has 1 nitrogen and oxygen atoms in total. The Morgan fingerprint density at radius 1 is 1.50 bits per heavy atom. The van der Waals surface area contributed by atoms with Crippen LogP contribution in [0, 0.1) is 0 Å². The summed E-state index contributed by atoms with van der Waals surface area (Å²) in [5.74, 6) is 0. The molecule has 1 aliphatic heterocycles. The van der Waals surface area contributed by atoms with Crippen LogP contribution in [0.2, 0.25) is 0 Å². The zero-order chi connectivity index (χ0) is 5.82. The second-order valence-electron chi connectivity index (χ2n) is 2.14. The molecule has 0 amide bonds. The van der Waals surface area contributed by atoms with Crippen molar-refractivity contribution in [2.45, 2.75) is 25.4 Å². The van der Waals surface area contributed by atoms with Crippen LogP contribution in [0.15, 0.2) is 0 Å². The maximum absolute atomic E-state index is 5.42. The fourth-order valence-electron chi connectivity index (χ4n) is 0.929. The monoisotopic (exact) mass is 226 g/mol. The highest BCUT2D eigenvalue weighted by Crippen LogP contribution is 2.13. The minimum absolute atomic E-state index is 0.573. The fraction of sp³-hybridized carbons (Fsp3) is 1.00. The quantitative estimate of drug-likeness (QED) is 0.490. The molecule has 1 aliphatic rings. The van der Waals surface area contributed by atoms with E-state index < -0.39 is 0 Å². The van der Waals surface area contributed by atoms with Crippen molar-refractivity contribution in [2.24, 2.45) is 0 Å². The molecule has 0 unspecified atom stereocenters. The minimum Gasteiger partial charge on any atom is -0.377 e. The molecule has 1 saturated heterocycles. The summed E-state index contributed by atoms with van der Waals surface area (Å²) in [5, 5.41) is 0. The largest absolute Gasteiger partial charge is 0.377 e. The van der Waals surface area contributed by atoms with E-state index in [9.17, 15) is 0 Å². The standard InChI is InChI=1S/C6H11IO/c7-5-6-3-1-2-4-8-6/h6H,1-5H2/t6-/m0/s1. The van der Waals surface area contributed by atoms with E-state index in [1.54, 1.807) is 0 Å². The van der Waals surface area contributed by atoms with E-state index in [2.05, 4.69) is 22.6 Å². The van der Waals surface area contributed by atoms with Gasteiger partial charge in [-0.25, -0.2) is 0 Å². The van der Waals surface area contributed by atoms with Gasteiger partial charge in [0.05, 0.1) is 6.10 Å². The van der Waals surface area contributed by atoms with Gasteiger partial charge in [-0.1, -0.05) is 22.6 Å². The van der Waals surface area contributed by atoms with E-state index in [1.807, 2.05) is 0 Å². The molecule has 2 heteroatoms. The fourth-order valence-corrected chi connectivity index (χ4v) is 1.62. The van der Waals surface area contributed by atoms with E-state index >= 15 is 0 Å². The van der Waals surface area contributed by atoms with Gasteiger partial charge < -0.3 is 4.74 Å². The zero-order valence-electron chi connectivity index (χ0n) is 4.90. The Kier molecular flexibility index (Phi) is 3.12. The molecule has 8 heavy (non-hydrogen) atoms. The highest BCUT2D eigenvalue weighted by Gasteiger charge is 2.10.